The summed E-state index contributed by atoms with van der Waals surface area (Å²) in [5.41, 5.74) is 5.45. The summed E-state index contributed by atoms with van der Waals surface area (Å²) in [6.07, 6.45) is 2.46. The van der Waals surface area contributed by atoms with Gasteiger partial charge in [-0.3, -0.25) is 24.0 Å². The first kappa shape index (κ1) is 22.5. The third-order valence-electron chi connectivity index (χ3n) is 7.82. The number of nitrogens with zero attached hydrogens (tertiary/aromatic N) is 1. The van der Waals surface area contributed by atoms with E-state index in [1.807, 2.05) is 0 Å². The van der Waals surface area contributed by atoms with Gasteiger partial charge in [-0.2, -0.15) is 0 Å². The summed E-state index contributed by atoms with van der Waals surface area (Å²) in [5, 5.41) is 8.22. The normalized spacial score (nSPS) is 31.8. The lowest BCUT2D eigenvalue weighted by molar-refractivity contribution is -0.144. The van der Waals surface area contributed by atoms with Crippen molar-refractivity contribution in [2.75, 3.05) is 13.1 Å². The Labute approximate surface area is 187 Å². The highest BCUT2D eigenvalue weighted by molar-refractivity contribution is 5.95. The second-order valence-electron chi connectivity index (χ2n) is 10.4. The molecule has 2 heterocycles. The summed E-state index contributed by atoms with van der Waals surface area (Å²) >= 11 is 0. The van der Waals surface area contributed by atoms with Crippen LogP contribution in [0.1, 0.15) is 46.5 Å². The van der Waals surface area contributed by atoms with Crippen molar-refractivity contribution < 1.29 is 24.0 Å². The van der Waals surface area contributed by atoms with E-state index < -0.39 is 29.9 Å². The van der Waals surface area contributed by atoms with E-state index in [0.717, 1.165) is 12.8 Å². The summed E-state index contributed by atoms with van der Waals surface area (Å²) in [5.74, 6) is -1.89. The van der Waals surface area contributed by atoms with Crippen LogP contribution >= 0.6 is 0 Å². The van der Waals surface area contributed by atoms with Gasteiger partial charge in [0.15, 0.2) is 0 Å². The Kier molecular flexibility index (Phi) is 5.67. The fraction of sp³-hybridized carbons (Fsp3) is 0.773. The van der Waals surface area contributed by atoms with Crippen LogP contribution in [0.3, 0.4) is 0 Å². The average molecular weight is 448 g/mol. The Balaban J connectivity index is 1.50. The number of rotatable bonds is 8. The number of amides is 5. The summed E-state index contributed by atoms with van der Waals surface area (Å²) in [7, 11) is 0. The minimum atomic E-state index is -0.983. The monoisotopic (exact) mass is 447 g/mol. The largest absolute Gasteiger partial charge is 0.368 e. The molecule has 4 aliphatic rings. The van der Waals surface area contributed by atoms with Gasteiger partial charge in [0, 0.05) is 25.9 Å². The smallest absolute Gasteiger partial charge is 0.246 e. The molecule has 0 bridgehead atoms. The molecule has 10 heteroatoms. The van der Waals surface area contributed by atoms with Gasteiger partial charge in [0.05, 0.1) is 0 Å². The third-order valence-corrected chi connectivity index (χ3v) is 7.82. The van der Waals surface area contributed by atoms with Gasteiger partial charge < -0.3 is 26.6 Å². The molecule has 0 aromatic heterocycles. The van der Waals surface area contributed by atoms with Crippen LogP contribution in [0.5, 0.6) is 0 Å². The van der Waals surface area contributed by atoms with E-state index in [4.69, 9.17) is 5.73 Å². The van der Waals surface area contributed by atoms with Crippen molar-refractivity contribution in [1.82, 2.24) is 20.9 Å². The lowest BCUT2D eigenvalue weighted by atomic mass is 9.96. The molecule has 10 nitrogen and oxygen atoms in total. The SMILES string of the molecule is CC(=O)N[C@H](C(=O)N1C[C@H]2[C@@H]([C@H]1C(=O)N[C@@H](C[C@@H]1CCNC1=O)C(N)=O)C2(C)C)C1CC1. The van der Waals surface area contributed by atoms with Gasteiger partial charge in [-0.1, -0.05) is 13.8 Å². The topological polar surface area (TPSA) is 151 Å². The van der Waals surface area contributed by atoms with Crippen molar-refractivity contribution in [1.29, 1.82) is 0 Å². The van der Waals surface area contributed by atoms with E-state index in [0.29, 0.717) is 19.5 Å². The van der Waals surface area contributed by atoms with Gasteiger partial charge in [0.25, 0.3) is 0 Å². The highest BCUT2D eigenvalue weighted by atomic mass is 16.2. The number of nitrogens with two attached hydrogens (primary N) is 1. The standard InChI is InChI=1S/C22H33N5O5/c1-10(28)25-16(11-4-5-11)21(32)27-9-13-15(22(13,2)3)17(27)20(31)26-14(18(23)29)8-12-6-7-24-19(12)30/h11-17H,4-9H2,1-3H3,(H2,23,29)(H,24,30)(H,25,28)(H,26,31)/t12-,13-,14-,15-,16-,17-/m0/s1. The number of primary amides is 1. The molecular formula is C22H33N5O5. The van der Waals surface area contributed by atoms with Gasteiger partial charge in [-0.15, -0.1) is 0 Å². The summed E-state index contributed by atoms with van der Waals surface area (Å²) in [4.78, 5) is 64.0. The number of hydrogen-bond acceptors (Lipinski definition) is 5. The molecule has 2 aliphatic carbocycles. The van der Waals surface area contributed by atoms with Gasteiger partial charge in [0.1, 0.15) is 18.1 Å². The molecule has 0 spiro atoms. The number of carbonyl (C=O) groups excluding carboxylic acids is 5. The summed E-state index contributed by atoms with van der Waals surface area (Å²) < 4.78 is 0. The van der Waals surface area contributed by atoms with Crippen molar-refractivity contribution in [2.24, 2.45) is 34.8 Å². The predicted molar refractivity (Wildman–Crippen MR) is 113 cm³/mol. The van der Waals surface area contributed by atoms with Crippen LogP contribution in [0.25, 0.3) is 0 Å². The molecule has 0 unspecified atom stereocenters. The molecule has 6 atom stereocenters. The van der Waals surface area contributed by atoms with E-state index in [2.05, 4.69) is 29.8 Å². The zero-order valence-electron chi connectivity index (χ0n) is 18.8. The van der Waals surface area contributed by atoms with Crippen molar-refractivity contribution >= 4 is 29.5 Å². The van der Waals surface area contributed by atoms with Crippen molar-refractivity contribution in [3.05, 3.63) is 0 Å². The zero-order chi connectivity index (χ0) is 23.4. The Morgan fingerprint density at radius 2 is 1.88 bits per heavy atom. The molecule has 0 radical (unpaired) electrons. The highest BCUT2D eigenvalue weighted by Crippen LogP contribution is 2.65. The molecule has 32 heavy (non-hydrogen) atoms. The molecular weight excluding hydrogens is 414 g/mol. The molecule has 0 aromatic carbocycles. The second kappa shape index (κ2) is 8.04. The van der Waals surface area contributed by atoms with Crippen LogP contribution in [-0.2, 0) is 24.0 Å². The fourth-order valence-corrected chi connectivity index (χ4v) is 5.68. The van der Waals surface area contributed by atoms with Gasteiger partial charge >= 0.3 is 0 Å². The average Bonchev–Trinajstić information content (AvgIpc) is 3.51. The van der Waals surface area contributed by atoms with Crippen LogP contribution in [0.15, 0.2) is 0 Å². The molecule has 4 fully saturated rings. The van der Waals surface area contributed by atoms with Crippen LogP contribution in [0.4, 0.5) is 0 Å². The maximum Gasteiger partial charge on any atom is 0.246 e. The molecule has 5 amide bonds. The van der Waals surface area contributed by atoms with E-state index in [9.17, 15) is 24.0 Å². The molecule has 176 valence electrons. The van der Waals surface area contributed by atoms with Crippen molar-refractivity contribution in [3.8, 4) is 0 Å². The fourth-order valence-electron chi connectivity index (χ4n) is 5.68. The highest BCUT2D eigenvalue weighted by Gasteiger charge is 2.69. The maximum absolute atomic E-state index is 13.4. The number of nitrogens with one attached hydrogen (secondary N) is 3. The maximum atomic E-state index is 13.4. The minimum absolute atomic E-state index is 0.0214. The number of hydrogen-bond donors (Lipinski definition) is 4. The van der Waals surface area contributed by atoms with Crippen molar-refractivity contribution in [2.45, 2.75) is 64.6 Å². The van der Waals surface area contributed by atoms with Crippen LogP contribution < -0.4 is 21.7 Å². The molecule has 2 saturated heterocycles. The Morgan fingerprint density at radius 1 is 1.19 bits per heavy atom. The zero-order valence-corrected chi connectivity index (χ0v) is 18.8. The van der Waals surface area contributed by atoms with Gasteiger partial charge in [-0.05, 0) is 48.9 Å². The van der Waals surface area contributed by atoms with E-state index in [1.165, 1.54) is 6.92 Å². The molecule has 5 N–H and O–H groups in total. The second-order valence-corrected chi connectivity index (χ2v) is 10.4. The first-order chi connectivity index (χ1) is 15.0. The first-order valence-electron chi connectivity index (χ1n) is 11.5. The number of likely N-dealkylation sites (tertiary alicyclic amines) is 1. The summed E-state index contributed by atoms with van der Waals surface area (Å²) in [6.45, 7) is 6.52. The van der Waals surface area contributed by atoms with Gasteiger partial charge in [-0.25, -0.2) is 0 Å². The number of carbonyl (C=O) groups is 5. The quantitative estimate of drug-likeness (QED) is 0.372. The Bertz CT molecular complexity index is 854. The Hall–Kier alpha value is -2.65. The van der Waals surface area contributed by atoms with E-state index in [1.54, 1.807) is 4.90 Å². The van der Waals surface area contributed by atoms with Crippen LogP contribution in [0.2, 0.25) is 0 Å². The molecule has 4 rings (SSSR count). The summed E-state index contributed by atoms with van der Waals surface area (Å²) in [6, 6.07) is -2.34. The third kappa shape index (κ3) is 4.06. The van der Waals surface area contributed by atoms with E-state index >= 15 is 0 Å². The van der Waals surface area contributed by atoms with Crippen LogP contribution in [0, 0.1) is 29.1 Å². The molecule has 2 aliphatic heterocycles. The predicted octanol–water partition coefficient (Wildman–Crippen LogP) is -1.12. The molecule has 2 saturated carbocycles. The lowest BCUT2D eigenvalue weighted by Gasteiger charge is -2.33. The van der Waals surface area contributed by atoms with Crippen LogP contribution in [-0.4, -0.2) is 65.7 Å². The van der Waals surface area contributed by atoms with Crippen molar-refractivity contribution in [3.63, 3.8) is 0 Å². The number of piperidine rings is 1. The van der Waals surface area contributed by atoms with Gasteiger partial charge in [0.2, 0.25) is 29.5 Å². The Morgan fingerprint density at radius 3 is 2.41 bits per heavy atom. The minimum Gasteiger partial charge on any atom is -0.368 e. The molecule has 0 aromatic rings. The lowest BCUT2D eigenvalue weighted by Crippen LogP contribution is -2.58. The first-order valence-corrected chi connectivity index (χ1v) is 11.5. The van der Waals surface area contributed by atoms with E-state index in [-0.39, 0.29) is 53.2 Å². The number of fused-ring (bicyclic) bond motifs is 1.